The summed E-state index contributed by atoms with van der Waals surface area (Å²) in [6.07, 6.45) is 4.07. The number of likely N-dealkylation sites (tertiary alicyclic amines) is 1. The number of amidine groups is 1. The molecular formula is C11H21N3S. The molecule has 0 aromatic rings. The molecule has 2 atom stereocenters. The van der Waals surface area contributed by atoms with Crippen LogP contribution in [0.2, 0.25) is 0 Å². The van der Waals surface area contributed by atoms with Crippen LogP contribution in [0.4, 0.5) is 0 Å². The first-order chi connectivity index (χ1) is 7.25. The van der Waals surface area contributed by atoms with Crippen molar-refractivity contribution in [2.24, 2.45) is 4.99 Å². The number of rotatable bonds is 2. The van der Waals surface area contributed by atoms with E-state index in [1.165, 1.54) is 25.8 Å². The van der Waals surface area contributed by atoms with Crippen LogP contribution in [-0.4, -0.2) is 48.0 Å². The fourth-order valence-corrected chi connectivity index (χ4v) is 3.03. The lowest BCUT2D eigenvalue weighted by Crippen LogP contribution is -2.43. The van der Waals surface area contributed by atoms with Crippen molar-refractivity contribution in [3.05, 3.63) is 0 Å². The maximum atomic E-state index is 4.48. The lowest BCUT2D eigenvalue weighted by atomic mass is 10.0. The average Bonchev–Trinajstić information content (AvgIpc) is 2.63. The van der Waals surface area contributed by atoms with E-state index < -0.39 is 0 Å². The van der Waals surface area contributed by atoms with E-state index in [-0.39, 0.29) is 0 Å². The SMILES string of the molecule is CC1CN=C(NCC2CCCCN2C)S1. The van der Waals surface area contributed by atoms with Gasteiger partial charge in [0.1, 0.15) is 0 Å². The van der Waals surface area contributed by atoms with Gasteiger partial charge in [-0.05, 0) is 26.4 Å². The summed E-state index contributed by atoms with van der Waals surface area (Å²) in [6, 6.07) is 0.706. The van der Waals surface area contributed by atoms with Crippen molar-refractivity contribution in [3.8, 4) is 0 Å². The van der Waals surface area contributed by atoms with Crippen molar-refractivity contribution in [3.63, 3.8) is 0 Å². The number of thioether (sulfide) groups is 1. The van der Waals surface area contributed by atoms with Gasteiger partial charge < -0.3 is 10.2 Å². The highest BCUT2D eigenvalue weighted by molar-refractivity contribution is 8.14. The van der Waals surface area contributed by atoms with E-state index in [9.17, 15) is 0 Å². The van der Waals surface area contributed by atoms with Gasteiger partial charge in [-0.2, -0.15) is 0 Å². The molecule has 4 heteroatoms. The zero-order chi connectivity index (χ0) is 10.7. The van der Waals surface area contributed by atoms with E-state index in [4.69, 9.17) is 0 Å². The number of piperidine rings is 1. The number of nitrogens with zero attached hydrogens (tertiary/aromatic N) is 2. The molecule has 3 nitrogen and oxygen atoms in total. The number of hydrogen-bond acceptors (Lipinski definition) is 4. The zero-order valence-corrected chi connectivity index (χ0v) is 10.5. The predicted octanol–water partition coefficient (Wildman–Crippen LogP) is 1.55. The molecule has 0 saturated carbocycles. The Morgan fingerprint density at radius 2 is 2.40 bits per heavy atom. The first-order valence-electron chi connectivity index (χ1n) is 5.91. The van der Waals surface area contributed by atoms with Crippen molar-refractivity contribution < 1.29 is 0 Å². The number of hydrogen-bond donors (Lipinski definition) is 1. The van der Waals surface area contributed by atoms with Gasteiger partial charge in [0, 0.05) is 17.8 Å². The lowest BCUT2D eigenvalue weighted by Gasteiger charge is -2.32. The fourth-order valence-electron chi connectivity index (χ4n) is 2.18. The van der Waals surface area contributed by atoms with Gasteiger partial charge in [-0.25, -0.2) is 0 Å². The summed E-state index contributed by atoms with van der Waals surface area (Å²) in [5.74, 6) is 0. The summed E-state index contributed by atoms with van der Waals surface area (Å²) >= 11 is 1.88. The molecule has 1 N–H and O–H groups in total. The summed E-state index contributed by atoms with van der Waals surface area (Å²) < 4.78 is 0. The summed E-state index contributed by atoms with van der Waals surface area (Å²) in [5.41, 5.74) is 0. The largest absolute Gasteiger partial charge is 0.363 e. The second-order valence-corrected chi connectivity index (χ2v) is 6.01. The van der Waals surface area contributed by atoms with Crippen LogP contribution in [0.3, 0.4) is 0 Å². The third-order valence-corrected chi connectivity index (χ3v) is 4.26. The van der Waals surface area contributed by atoms with Crippen molar-refractivity contribution in [2.75, 3.05) is 26.7 Å². The molecule has 0 bridgehead atoms. The molecule has 2 rings (SSSR count). The Morgan fingerprint density at radius 1 is 1.53 bits per heavy atom. The van der Waals surface area contributed by atoms with Crippen LogP contribution in [0.25, 0.3) is 0 Å². The van der Waals surface area contributed by atoms with Crippen LogP contribution in [0.15, 0.2) is 4.99 Å². The van der Waals surface area contributed by atoms with Crippen LogP contribution >= 0.6 is 11.8 Å². The Labute approximate surface area is 96.7 Å². The van der Waals surface area contributed by atoms with Crippen molar-refractivity contribution in [1.29, 1.82) is 0 Å². The summed E-state index contributed by atoms with van der Waals surface area (Å²) in [5, 5.41) is 5.30. The lowest BCUT2D eigenvalue weighted by molar-refractivity contribution is 0.187. The smallest absolute Gasteiger partial charge is 0.156 e. The van der Waals surface area contributed by atoms with Gasteiger partial charge >= 0.3 is 0 Å². The average molecular weight is 227 g/mol. The fraction of sp³-hybridized carbons (Fsp3) is 0.909. The Morgan fingerprint density at radius 3 is 3.07 bits per heavy atom. The van der Waals surface area contributed by atoms with E-state index in [1.807, 2.05) is 11.8 Å². The standard InChI is InChI=1S/C11H21N3S/c1-9-7-12-11(15-9)13-8-10-5-3-4-6-14(10)2/h9-10H,3-8H2,1-2H3,(H,12,13). The number of aliphatic imine (C=N–C) groups is 1. The van der Waals surface area contributed by atoms with Gasteiger partial charge in [-0.3, -0.25) is 4.99 Å². The second-order valence-electron chi connectivity index (χ2n) is 4.59. The summed E-state index contributed by atoms with van der Waals surface area (Å²) in [7, 11) is 2.23. The number of nitrogens with one attached hydrogen (secondary N) is 1. The molecule has 0 spiro atoms. The minimum atomic E-state index is 0.664. The Hall–Kier alpha value is -0.220. The molecule has 1 fully saturated rings. The van der Waals surface area contributed by atoms with Gasteiger partial charge in [-0.15, -0.1) is 0 Å². The second kappa shape index (κ2) is 5.21. The molecule has 0 amide bonds. The van der Waals surface area contributed by atoms with Crippen LogP contribution < -0.4 is 5.32 Å². The first-order valence-corrected chi connectivity index (χ1v) is 6.79. The van der Waals surface area contributed by atoms with Crippen LogP contribution in [0.5, 0.6) is 0 Å². The van der Waals surface area contributed by atoms with Gasteiger partial charge in [0.15, 0.2) is 5.17 Å². The molecule has 0 aromatic carbocycles. The number of likely N-dealkylation sites (N-methyl/N-ethyl adjacent to an activating group) is 1. The first kappa shape index (κ1) is 11.3. The Bertz CT molecular complexity index is 242. The molecule has 1 saturated heterocycles. The highest BCUT2D eigenvalue weighted by Crippen LogP contribution is 2.19. The Kier molecular flexibility index (Phi) is 3.92. The van der Waals surface area contributed by atoms with E-state index in [1.54, 1.807) is 0 Å². The third kappa shape index (κ3) is 3.11. The Balaban J connectivity index is 1.73. The summed E-state index contributed by atoms with van der Waals surface area (Å²) in [4.78, 5) is 6.95. The quantitative estimate of drug-likeness (QED) is 0.775. The van der Waals surface area contributed by atoms with Gasteiger partial charge in [0.2, 0.25) is 0 Å². The molecular weight excluding hydrogens is 206 g/mol. The molecule has 2 unspecified atom stereocenters. The predicted molar refractivity (Wildman–Crippen MR) is 67.6 cm³/mol. The maximum absolute atomic E-state index is 4.48. The minimum absolute atomic E-state index is 0.664. The van der Waals surface area contributed by atoms with Gasteiger partial charge in [0.05, 0.1) is 6.54 Å². The van der Waals surface area contributed by atoms with Crippen molar-refractivity contribution >= 4 is 16.9 Å². The third-order valence-electron chi connectivity index (χ3n) is 3.22. The molecule has 0 aliphatic carbocycles. The van der Waals surface area contributed by atoms with E-state index >= 15 is 0 Å². The maximum Gasteiger partial charge on any atom is 0.156 e. The van der Waals surface area contributed by atoms with E-state index in [0.29, 0.717) is 11.3 Å². The molecule has 2 heterocycles. The molecule has 0 aromatic heterocycles. The van der Waals surface area contributed by atoms with E-state index in [2.05, 4.69) is 29.2 Å². The highest BCUT2D eigenvalue weighted by Gasteiger charge is 2.20. The highest BCUT2D eigenvalue weighted by atomic mass is 32.2. The van der Waals surface area contributed by atoms with Crippen molar-refractivity contribution in [1.82, 2.24) is 10.2 Å². The topological polar surface area (TPSA) is 27.6 Å². The van der Waals surface area contributed by atoms with Crippen LogP contribution in [-0.2, 0) is 0 Å². The zero-order valence-electron chi connectivity index (χ0n) is 9.70. The van der Waals surface area contributed by atoms with E-state index in [0.717, 1.165) is 18.3 Å². The summed E-state index contributed by atoms with van der Waals surface area (Å²) in [6.45, 7) is 5.53. The normalized spacial score (nSPS) is 32.8. The van der Waals surface area contributed by atoms with Gasteiger partial charge in [-0.1, -0.05) is 25.1 Å². The molecule has 15 heavy (non-hydrogen) atoms. The minimum Gasteiger partial charge on any atom is -0.363 e. The van der Waals surface area contributed by atoms with Gasteiger partial charge in [0.25, 0.3) is 0 Å². The molecule has 86 valence electrons. The monoisotopic (exact) mass is 227 g/mol. The molecule has 2 aliphatic heterocycles. The van der Waals surface area contributed by atoms with Crippen LogP contribution in [0.1, 0.15) is 26.2 Å². The molecule has 0 radical (unpaired) electrons. The van der Waals surface area contributed by atoms with Crippen LogP contribution in [0, 0.1) is 0 Å². The molecule has 2 aliphatic rings. The van der Waals surface area contributed by atoms with Crippen molar-refractivity contribution in [2.45, 2.75) is 37.5 Å².